The molecule has 0 radical (unpaired) electrons. The Bertz CT molecular complexity index is 356. The molecule has 1 aromatic carbocycles. The summed E-state index contributed by atoms with van der Waals surface area (Å²) >= 11 is 0. The lowest BCUT2D eigenvalue weighted by Gasteiger charge is -2.31. The average Bonchev–Trinajstić information content (AvgIpc) is 2.52. The normalized spacial score (nSPS) is 12.8. The van der Waals surface area contributed by atoms with Crippen molar-refractivity contribution in [2.24, 2.45) is 5.73 Å². The van der Waals surface area contributed by atoms with Gasteiger partial charge in [-0.2, -0.15) is 0 Å². The minimum absolute atomic E-state index is 0.333. The summed E-state index contributed by atoms with van der Waals surface area (Å²) in [6.07, 6.45) is 4.93. The molecule has 3 nitrogen and oxygen atoms in total. The molecule has 0 aliphatic heterocycles. The molecule has 0 aliphatic carbocycles. The van der Waals surface area contributed by atoms with E-state index in [1.807, 2.05) is 0 Å². The molecule has 0 aliphatic rings. The number of hydrogen-bond acceptors (Lipinski definition) is 3. The second-order valence-electron chi connectivity index (χ2n) is 5.67. The molecular formula is C18H32N2O. The van der Waals surface area contributed by atoms with Crippen molar-refractivity contribution < 1.29 is 4.74 Å². The molecule has 1 rings (SSSR count). The average molecular weight is 292 g/mol. The molecule has 0 aromatic heterocycles. The second-order valence-corrected chi connectivity index (χ2v) is 5.67. The van der Waals surface area contributed by atoms with Crippen LogP contribution >= 0.6 is 0 Å². The minimum Gasteiger partial charge on any atom is -0.380 e. The summed E-state index contributed by atoms with van der Waals surface area (Å²) in [6, 6.07) is 9.05. The number of unbranched alkanes of at least 4 members (excludes halogenated alkanes) is 2. The van der Waals surface area contributed by atoms with E-state index in [0.717, 1.165) is 13.1 Å². The van der Waals surface area contributed by atoms with Crippen molar-refractivity contribution in [3.63, 3.8) is 0 Å². The largest absolute Gasteiger partial charge is 0.380 e. The van der Waals surface area contributed by atoms with Crippen molar-refractivity contribution in [1.82, 2.24) is 4.90 Å². The fraction of sp³-hybridized carbons (Fsp3) is 0.667. The van der Waals surface area contributed by atoms with E-state index >= 15 is 0 Å². The van der Waals surface area contributed by atoms with Crippen molar-refractivity contribution in [2.45, 2.75) is 52.2 Å². The van der Waals surface area contributed by atoms with Crippen molar-refractivity contribution in [3.05, 3.63) is 35.4 Å². The Kier molecular flexibility index (Phi) is 9.31. The maximum absolute atomic E-state index is 6.08. The van der Waals surface area contributed by atoms with Gasteiger partial charge in [-0.3, -0.25) is 4.90 Å². The molecule has 3 heteroatoms. The van der Waals surface area contributed by atoms with E-state index in [1.54, 1.807) is 7.11 Å². The molecule has 21 heavy (non-hydrogen) atoms. The minimum atomic E-state index is 0.333. The van der Waals surface area contributed by atoms with Gasteiger partial charge in [-0.15, -0.1) is 0 Å². The first kappa shape index (κ1) is 18.1. The van der Waals surface area contributed by atoms with Gasteiger partial charge in [0, 0.05) is 19.7 Å². The first-order valence-corrected chi connectivity index (χ1v) is 8.28. The van der Waals surface area contributed by atoms with Gasteiger partial charge in [0.1, 0.15) is 0 Å². The summed E-state index contributed by atoms with van der Waals surface area (Å²) in [5, 5.41) is 0. The molecule has 0 heterocycles. The quantitative estimate of drug-likeness (QED) is 0.675. The van der Waals surface area contributed by atoms with E-state index in [-0.39, 0.29) is 0 Å². The number of rotatable bonds is 11. The zero-order valence-electron chi connectivity index (χ0n) is 14.0. The zero-order chi connectivity index (χ0) is 15.5. The van der Waals surface area contributed by atoms with Crippen molar-refractivity contribution >= 4 is 0 Å². The highest BCUT2D eigenvalue weighted by atomic mass is 16.5. The van der Waals surface area contributed by atoms with Gasteiger partial charge in [0.05, 0.1) is 6.61 Å². The number of benzene rings is 1. The molecule has 1 aromatic rings. The van der Waals surface area contributed by atoms with Crippen LogP contribution in [-0.2, 0) is 11.3 Å². The van der Waals surface area contributed by atoms with E-state index in [0.29, 0.717) is 19.2 Å². The van der Waals surface area contributed by atoms with Crippen molar-refractivity contribution in [2.75, 3.05) is 26.7 Å². The molecule has 0 bridgehead atoms. The highest BCUT2D eigenvalue weighted by molar-refractivity contribution is 5.25. The third-order valence-corrected chi connectivity index (χ3v) is 3.94. The first-order valence-electron chi connectivity index (χ1n) is 8.28. The van der Waals surface area contributed by atoms with Crippen LogP contribution in [0.25, 0.3) is 0 Å². The van der Waals surface area contributed by atoms with Crippen LogP contribution in [0.2, 0.25) is 0 Å². The fourth-order valence-electron chi connectivity index (χ4n) is 2.64. The summed E-state index contributed by atoms with van der Waals surface area (Å²) in [7, 11) is 1.73. The smallest absolute Gasteiger partial charge is 0.0713 e. The maximum atomic E-state index is 6.08. The van der Waals surface area contributed by atoms with Gasteiger partial charge in [-0.05, 0) is 37.1 Å². The number of nitrogens with zero attached hydrogens (tertiary/aromatic N) is 1. The summed E-state index contributed by atoms with van der Waals surface area (Å²) in [6.45, 7) is 8.11. The van der Waals surface area contributed by atoms with Gasteiger partial charge in [0.25, 0.3) is 0 Å². The molecule has 0 fully saturated rings. The topological polar surface area (TPSA) is 38.5 Å². The van der Waals surface area contributed by atoms with E-state index in [1.165, 1.54) is 36.8 Å². The Hall–Kier alpha value is -0.900. The van der Waals surface area contributed by atoms with Gasteiger partial charge in [-0.25, -0.2) is 0 Å². The highest BCUT2D eigenvalue weighted by Crippen LogP contribution is 2.21. The highest BCUT2D eigenvalue weighted by Gasteiger charge is 2.18. The van der Waals surface area contributed by atoms with Gasteiger partial charge in [0.2, 0.25) is 0 Å². The number of nitrogens with two attached hydrogens (primary N) is 1. The van der Waals surface area contributed by atoms with Gasteiger partial charge < -0.3 is 10.5 Å². The predicted octanol–water partition coefficient (Wildman–Crippen LogP) is 3.74. The van der Waals surface area contributed by atoms with Gasteiger partial charge >= 0.3 is 0 Å². The lowest BCUT2D eigenvalue weighted by Crippen LogP contribution is -2.35. The van der Waals surface area contributed by atoms with Gasteiger partial charge in [-0.1, -0.05) is 51.0 Å². The molecular weight excluding hydrogens is 260 g/mol. The van der Waals surface area contributed by atoms with Crippen LogP contribution in [-0.4, -0.2) is 31.6 Å². The van der Waals surface area contributed by atoms with E-state index in [2.05, 4.69) is 43.0 Å². The summed E-state index contributed by atoms with van der Waals surface area (Å²) < 4.78 is 5.17. The van der Waals surface area contributed by atoms with E-state index in [4.69, 9.17) is 10.5 Å². The Balaban J connectivity index is 2.79. The SMILES string of the molecule is CCCCN(CCCC)C(CN)c1ccc(COC)cc1. The summed E-state index contributed by atoms with van der Waals surface area (Å²) in [5.74, 6) is 0. The second kappa shape index (κ2) is 10.8. The van der Waals surface area contributed by atoms with Crippen LogP contribution in [0, 0.1) is 0 Å². The molecule has 0 amide bonds. The summed E-state index contributed by atoms with van der Waals surface area (Å²) in [5.41, 5.74) is 8.62. The van der Waals surface area contributed by atoms with Crippen LogP contribution in [0.15, 0.2) is 24.3 Å². The van der Waals surface area contributed by atoms with Crippen LogP contribution in [0.1, 0.15) is 56.7 Å². The summed E-state index contributed by atoms with van der Waals surface area (Å²) in [4.78, 5) is 2.55. The number of methoxy groups -OCH3 is 1. The molecule has 1 unspecified atom stereocenters. The van der Waals surface area contributed by atoms with Crippen LogP contribution < -0.4 is 5.73 Å². The third-order valence-electron chi connectivity index (χ3n) is 3.94. The maximum Gasteiger partial charge on any atom is 0.0713 e. The predicted molar refractivity (Wildman–Crippen MR) is 90.3 cm³/mol. The van der Waals surface area contributed by atoms with E-state index in [9.17, 15) is 0 Å². The molecule has 1 atom stereocenters. The third kappa shape index (κ3) is 6.16. The van der Waals surface area contributed by atoms with E-state index < -0.39 is 0 Å². The lowest BCUT2D eigenvalue weighted by molar-refractivity contribution is 0.184. The Morgan fingerprint density at radius 3 is 2.05 bits per heavy atom. The Morgan fingerprint density at radius 1 is 1.05 bits per heavy atom. The van der Waals surface area contributed by atoms with Crippen LogP contribution in [0.4, 0.5) is 0 Å². The molecule has 0 saturated carbocycles. The first-order chi connectivity index (χ1) is 10.3. The van der Waals surface area contributed by atoms with Crippen LogP contribution in [0.3, 0.4) is 0 Å². The molecule has 2 N–H and O–H groups in total. The molecule has 120 valence electrons. The van der Waals surface area contributed by atoms with Crippen LogP contribution in [0.5, 0.6) is 0 Å². The van der Waals surface area contributed by atoms with Gasteiger partial charge in [0.15, 0.2) is 0 Å². The molecule has 0 saturated heterocycles. The zero-order valence-corrected chi connectivity index (χ0v) is 14.0. The van der Waals surface area contributed by atoms with Crippen molar-refractivity contribution in [1.29, 1.82) is 0 Å². The fourth-order valence-corrected chi connectivity index (χ4v) is 2.64. The number of hydrogen-bond donors (Lipinski definition) is 1. The lowest BCUT2D eigenvalue weighted by atomic mass is 10.0. The molecule has 0 spiro atoms. The Morgan fingerprint density at radius 2 is 1.62 bits per heavy atom. The Labute approximate surface area is 130 Å². The monoisotopic (exact) mass is 292 g/mol. The number of ether oxygens (including phenoxy) is 1. The standard InChI is InChI=1S/C18H32N2O/c1-4-6-12-20(13-7-5-2)18(14-19)17-10-8-16(9-11-17)15-21-3/h8-11,18H,4-7,12-15,19H2,1-3H3. The van der Waals surface area contributed by atoms with Crippen molar-refractivity contribution in [3.8, 4) is 0 Å².